The zero-order chi connectivity index (χ0) is 20.3. The van der Waals surface area contributed by atoms with Crippen LogP contribution in [0.1, 0.15) is 20.4 Å². The van der Waals surface area contributed by atoms with Gasteiger partial charge in [-0.15, -0.1) is 10.2 Å². The minimum absolute atomic E-state index is 0.0152. The summed E-state index contributed by atoms with van der Waals surface area (Å²) in [5, 5.41) is 10.5. The number of rotatable bonds is 6. The van der Waals surface area contributed by atoms with Gasteiger partial charge in [-0.2, -0.15) is 0 Å². The van der Waals surface area contributed by atoms with Gasteiger partial charge in [0.05, 0.1) is 17.1 Å². The first-order valence-corrected chi connectivity index (χ1v) is 10.6. The Hall–Kier alpha value is -2.40. The molecule has 146 valence electrons. The Kier molecular flexibility index (Phi) is 6.04. The Morgan fingerprint density at radius 1 is 1.18 bits per heavy atom. The smallest absolute Gasteiger partial charge is 0.286 e. The molecule has 2 N–H and O–H groups in total. The van der Waals surface area contributed by atoms with Crippen molar-refractivity contribution in [3.8, 4) is 0 Å². The predicted octanol–water partition coefficient (Wildman–Crippen LogP) is 3.37. The van der Waals surface area contributed by atoms with Crippen LogP contribution in [0.2, 0.25) is 5.02 Å². The molecule has 1 aromatic heterocycles. The van der Waals surface area contributed by atoms with E-state index >= 15 is 0 Å². The molecule has 7 nitrogen and oxygen atoms in total. The quantitative estimate of drug-likeness (QED) is 0.612. The van der Waals surface area contributed by atoms with Crippen LogP contribution in [0.4, 0.5) is 10.1 Å². The second kappa shape index (κ2) is 8.31. The first-order valence-electron chi connectivity index (χ1n) is 7.91. The van der Waals surface area contributed by atoms with Crippen LogP contribution in [0.25, 0.3) is 0 Å². The normalized spacial score (nSPS) is 11.4. The van der Waals surface area contributed by atoms with Crippen molar-refractivity contribution in [3.05, 3.63) is 68.9 Å². The Morgan fingerprint density at radius 2 is 1.93 bits per heavy atom. The number of aromatic nitrogens is 2. The fourth-order valence-corrected chi connectivity index (χ4v) is 4.52. The van der Waals surface area contributed by atoms with Crippen LogP contribution < -0.4 is 10.0 Å². The van der Waals surface area contributed by atoms with Crippen molar-refractivity contribution in [2.75, 3.05) is 5.32 Å². The topological polar surface area (TPSA) is 101 Å². The number of halogens is 2. The molecule has 0 saturated heterocycles. The zero-order valence-corrected chi connectivity index (χ0v) is 16.8. The lowest BCUT2D eigenvalue weighted by atomic mass is 10.2. The largest absolute Gasteiger partial charge is 0.317 e. The Labute approximate surface area is 169 Å². The molecule has 0 atom stereocenters. The second-order valence-electron chi connectivity index (χ2n) is 5.62. The van der Waals surface area contributed by atoms with Gasteiger partial charge in [0.25, 0.3) is 5.91 Å². The SMILES string of the molecule is Cc1c(Cl)cccc1S(=O)(=O)NCc1nnc(C(=O)Nc2ccccc2F)s1. The van der Waals surface area contributed by atoms with Crippen LogP contribution in [0.5, 0.6) is 0 Å². The molecule has 3 aromatic rings. The monoisotopic (exact) mass is 440 g/mol. The number of hydrogen-bond donors (Lipinski definition) is 2. The van der Waals surface area contributed by atoms with E-state index in [1.165, 1.54) is 24.3 Å². The molecule has 0 fully saturated rings. The molecule has 11 heteroatoms. The maximum absolute atomic E-state index is 13.6. The molecule has 0 saturated carbocycles. The summed E-state index contributed by atoms with van der Waals surface area (Å²) in [6.07, 6.45) is 0. The highest BCUT2D eigenvalue weighted by Crippen LogP contribution is 2.23. The molecule has 1 amide bonds. The zero-order valence-electron chi connectivity index (χ0n) is 14.4. The number of anilines is 1. The summed E-state index contributed by atoms with van der Waals surface area (Å²) in [5.74, 6) is -1.22. The van der Waals surface area contributed by atoms with Crippen molar-refractivity contribution in [1.82, 2.24) is 14.9 Å². The van der Waals surface area contributed by atoms with Crippen molar-refractivity contribution in [2.24, 2.45) is 0 Å². The van der Waals surface area contributed by atoms with E-state index in [9.17, 15) is 17.6 Å². The number of hydrogen-bond acceptors (Lipinski definition) is 6. The summed E-state index contributed by atoms with van der Waals surface area (Å²) in [7, 11) is -3.82. The highest BCUT2D eigenvalue weighted by atomic mass is 35.5. The summed E-state index contributed by atoms with van der Waals surface area (Å²) in [4.78, 5) is 12.2. The number of nitrogens with zero attached hydrogens (tertiary/aromatic N) is 2. The van der Waals surface area contributed by atoms with E-state index in [0.717, 1.165) is 11.3 Å². The van der Waals surface area contributed by atoms with Gasteiger partial charge >= 0.3 is 0 Å². The minimum atomic E-state index is -3.82. The highest BCUT2D eigenvalue weighted by molar-refractivity contribution is 7.89. The lowest BCUT2D eigenvalue weighted by Crippen LogP contribution is -2.24. The molecule has 0 aliphatic rings. The van der Waals surface area contributed by atoms with E-state index in [1.54, 1.807) is 25.1 Å². The molecule has 0 unspecified atom stereocenters. The van der Waals surface area contributed by atoms with Crippen molar-refractivity contribution >= 4 is 44.6 Å². The lowest BCUT2D eigenvalue weighted by molar-refractivity contribution is 0.102. The van der Waals surface area contributed by atoms with Gasteiger partial charge in [-0.1, -0.05) is 41.1 Å². The molecular weight excluding hydrogens is 427 g/mol. The molecule has 1 heterocycles. The minimum Gasteiger partial charge on any atom is -0.317 e. The maximum atomic E-state index is 13.6. The van der Waals surface area contributed by atoms with Crippen LogP contribution in [-0.2, 0) is 16.6 Å². The van der Waals surface area contributed by atoms with Crippen molar-refractivity contribution < 1.29 is 17.6 Å². The molecule has 0 aliphatic carbocycles. The van der Waals surface area contributed by atoms with E-state index in [-0.39, 0.29) is 27.1 Å². The number of carbonyl (C=O) groups is 1. The Balaban J connectivity index is 1.68. The van der Waals surface area contributed by atoms with Gasteiger partial charge in [0.2, 0.25) is 15.0 Å². The van der Waals surface area contributed by atoms with Gasteiger partial charge in [-0.3, -0.25) is 4.79 Å². The molecule has 0 bridgehead atoms. The van der Waals surface area contributed by atoms with E-state index in [4.69, 9.17) is 11.6 Å². The van der Waals surface area contributed by atoms with E-state index in [0.29, 0.717) is 10.6 Å². The van der Waals surface area contributed by atoms with Crippen LogP contribution >= 0.6 is 22.9 Å². The van der Waals surface area contributed by atoms with Crippen molar-refractivity contribution in [3.63, 3.8) is 0 Å². The Bertz CT molecular complexity index is 1130. The summed E-state index contributed by atoms with van der Waals surface area (Å²) in [6.45, 7) is 1.45. The standard InChI is InChI=1S/C17H14ClFN4O3S2/c1-10-11(18)5-4-8-14(10)28(25,26)20-9-15-22-23-17(27-15)16(24)21-13-7-3-2-6-12(13)19/h2-8,20H,9H2,1H3,(H,21,24). The predicted molar refractivity (Wildman–Crippen MR) is 104 cm³/mol. The molecule has 0 aliphatic heterocycles. The number of sulfonamides is 1. The fourth-order valence-electron chi connectivity index (χ4n) is 2.27. The molecule has 2 aromatic carbocycles. The summed E-state index contributed by atoms with van der Waals surface area (Å²) in [6, 6.07) is 10.3. The molecular formula is C17H14ClFN4O3S2. The van der Waals surface area contributed by atoms with Crippen LogP contribution in [0.15, 0.2) is 47.4 Å². The van der Waals surface area contributed by atoms with Gasteiger partial charge in [0.15, 0.2) is 0 Å². The first kappa shape index (κ1) is 20.3. The van der Waals surface area contributed by atoms with Crippen LogP contribution in [0.3, 0.4) is 0 Å². The number of nitrogens with one attached hydrogen (secondary N) is 2. The van der Waals surface area contributed by atoms with Crippen LogP contribution in [-0.4, -0.2) is 24.5 Å². The molecule has 3 rings (SSSR count). The van der Waals surface area contributed by atoms with E-state index < -0.39 is 21.7 Å². The van der Waals surface area contributed by atoms with Gasteiger partial charge in [-0.05, 0) is 36.8 Å². The van der Waals surface area contributed by atoms with Gasteiger partial charge in [-0.25, -0.2) is 17.5 Å². The first-order chi connectivity index (χ1) is 13.3. The number of carbonyl (C=O) groups excluding carboxylic acids is 1. The summed E-state index contributed by atoms with van der Waals surface area (Å²) < 4.78 is 40.9. The molecule has 0 spiro atoms. The van der Waals surface area contributed by atoms with Gasteiger partial charge in [0, 0.05) is 5.02 Å². The third-order valence-corrected chi connectivity index (χ3v) is 6.58. The fraction of sp³-hybridized carbons (Fsp3) is 0.118. The summed E-state index contributed by atoms with van der Waals surface area (Å²) >= 11 is 6.87. The van der Waals surface area contributed by atoms with E-state index in [1.807, 2.05) is 0 Å². The average Bonchev–Trinajstić information content (AvgIpc) is 3.13. The highest BCUT2D eigenvalue weighted by Gasteiger charge is 2.20. The van der Waals surface area contributed by atoms with Crippen molar-refractivity contribution in [1.29, 1.82) is 0 Å². The average molecular weight is 441 g/mol. The number of para-hydroxylation sites is 1. The van der Waals surface area contributed by atoms with Crippen LogP contribution in [0, 0.1) is 12.7 Å². The molecule has 28 heavy (non-hydrogen) atoms. The number of benzene rings is 2. The third kappa shape index (κ3) is 4.53. The number of amides is 1. The molecule has 0 radical (unpaired) electrons. The lowest BCUT2D eigenvalue weighted by Gasteiger charge is -2.09. The van der Waals surface area contributed by atoms with Gasteiger partial charge in [0.1, 0.15) is 10.8 Å². The second-order valence-corrected chi connectivity index (χ2v) is 8.83. The summed E-state index contributed by atoms with van der Waals surface area (Å²) in [5.41, 5.74) is 0.445. The Morgan fingerprint density at radius 3 is 2.68 bits per heavy atom. The van der Waals surface area contributed by atoms with E-state index in [2.05, 4.69) is 20.2 Å². The third-order valence-electron chi connectivity index (χ3n) is 3.70. The van der Waals surface area contributed by atoms with Crippen molar-refractivity contribution in [2.45, 2.75) is 18.4 Å². The maximum Gasteiger partial charge on any atom is 0.286 e. The van der Waals surface area contributed by atoms with Gasteiger partial charge < -0.3 is 5.32 Å².